The van der Waals surface area contributed by atoms with Crippen LogP contribution in [0.2, 0.25) is 0 Å². The van der Waals surface area contributed by atoms with Crippen LogP contribution in [0.5, 0.6) is 17.2 Å². The van der Waals surface area contributed by atoms with E-state index >= 15 is 0 Å². The Bertz CT molecular complexity index is 609. The molecule has 2 aromatic rings. The molecule has 0 spiro atoms. The van der Waals surface area contributed by atoms with Crippen LogP contribution in [0.25, 0.3) is 0 Å². The Morgan fingerprint density at radius 1 is 1.25 bits per heavy atom. The molecule has 0 aromatic heterocycles. The second-order valence-corrected chi connectivity index (χ2v) is 4.63. The maximum Gasteiger partial charge on any atom is 0.129 e. The van der Waals surface area contributed by atoms with Crippen molar-refractivity contribution in [2.45, 2.75) is 12.7 Å². The smallest absolute Gasteiger partial charge is 0.129 e. The van der Waals surface area contributed by atoms with E-state index < -0.39 is 6.10 Å². The zero-order chi connectivity index (χ0) is 13.9. The maximum atomic E-state index is 9.67. The standard InChI is InChI=1S/C16H16O4/c1-18-15-5-3-2-4-11(15)9-19-12-6-7-13-14(17)10-20-16(13)8-12/h2-8,14,17H,9-10H2,1H3. The largest absolute Gasteiger partial charge is 0.496 e. The van der Waals surface area contributed by atoms with Gasteiger partial charge in [-0.3, -0.25) is 0 Å². The molecule has 4 heteroatoms. The number of ether oxygens (including phenoxy) is 3. The van der Waals surface area contributed by atoms with E-state index in [9.17, 15) is 5.11 Å². The summed E-state index contributed by atoms with van der Waals surface area (Å²) in [5, 5.41) is 9.67. The predicted octanol–water partition coefficient (Wildman–Crippen LogP) is 2.70. The van der Waals surface area contributed by atoms with Crippen molar-refractivity contribution >= 4 is 0 Å². The lowest BCUT2D eigenvalue weighted by atomic mass is 10.1. The first-order valence-electron chi connectivity index (χ1n) is 6.47. The predicted molar refractivity (Wildman–Crippen MR) is 74.2 cm³/mol. The summed E-state index contributed by atoms with van der Waals surface area (Å²) in [4.78, 5) is 0. The first-order valence-corrected chi connectivity index (χ1v) is 6.47. The Morgan fingerprint density at radius 3 is 2.95 bits per heavy atom. The van der Waals surface area contributed by atoms with Gasteiger partial charge in [0.25, 0.3) is 0 Å². The van der Waals surface area contributed by atoms with Gasteiger partial charge in [0.15, 0.2) is 0 Å². The number of benzene rings is 2. The number of fused-ring (bicyclic) bond motifs is 1. The molecule has 1 aliphatic heterocycles. The van der Waals surface area contributed by atoms with Crippen LogP contribution in [-0.4, -0.2) is 18.8 Å². The molecule has 1 N–H and O–H groups in total. The number of para-hydroxylation sites is 1. The lowest BCUT2D eigenvalue weighted by Gasteiger charge is -2.10. The summed E-state index contributed by atoms with van der Waals surface area (Å²) < 4.78 is 16.4. The van der Waals surface area contributed by atoms with Gasteiger partial charge in [0.1, 0.15) is 36.6 Å². The van der Waals surface area contributed by atoms with Crippen LogP contribution in [0.4, 0.5) is 0 Å². The van der Waals surface area contributed by atoms with Gasteiger partial charge in [0.05, 0.1) is 7.11 Å². The first-order chi connectivity index (χ1) is 9.78. The third-order valence-corrected chi connectivity index (χ3v) is 3.33. The zero-order valence-corrected chi connectivity index (χ0v) is 11.2. The Balaban J connectivity index is 1.73. The van der Waals surface area contributed by atoms with Gasteiger partial charge >= 0.3 is 0 Å². The Kier molecular flexibility index (Phi) is 3.48. The average molecular weight is 272 g/mol. The van der Waals surface area contributed by atoms with Crippen LogP contribution in [-0.2, 0) is 6.61 Å². The van der Waals surface area contributed by atoms with Crippen molar-refractivity contribution in [1.82, 2.24) is 0 Å². The van der Waals surface area contributed by atoms with Crippen molar-refractivity contribution in [3.63, 3.8) is 0 Å². The highest BCUT2D eigenvalue weighted by Gasteiger charge is 2.22. The molecule has 1 aliphatic rings. The molecule has 2 aromatic carbocycles. The minimum atomic E-state index is -0.534. The van der Waals surface area contributed by atoms with Gasteiger partial charge in [-0.05, 0) is 18.2 Å². The van der Waals surface area contributed by atoms with Crippen LogP contribution in [0.1, 0.15) is 17.2 Å². The Labute approximate surface area is 117 Å². The summed E-state index contributed by atoms with van der Waals surface area (Å²) in [6.45, 7) is 0.733. The van der Waals surface area contributed by atoms with E-state index in [-0.39, 0.29) is 0 Å². The van der Waals surface area contributed by atoms with Crippen LogP contribution in [0, 0.1) is 0 Å². The Morgan fingerprint density at radius 2 is 2.10 bits per heavy atom. The summed E-state index contributed by atoms with van der Waals surface area (Å²) in [7, 11) is 1.64. The van der Waals surface area contributed by atoms with Crippen molar-refractivity contribution in [2.24, 2.45) is 0 Å². The summed E-state index contributed by atoms with van der Waals surface area (Å²) in [5.41, 5.74) is 1.80. The molecule has 1 atom stereocenters. The van der Waals surface area contributed by atoms with Crippen molar-refractivity contribution in [3.05, 3.63) is 53.6 Å². The van der Waals surface area contributed by atoms with E-state index in [0.717, 1.165) is 16.9 Å². The monoisotopic (exact) mass is 272 g/mol. The van der Waals surface area contributed by atoms with E-state index in [1.54, 1.807) is 13.2 Å². The van der Waals surface area contributed by atoms with Crippen molar-refractivity contribution < 1.29 is 19.3 Å². The minimum absolute atomic E-state index is 0.311. The van der Waals surface area contributed by atoms with E-state index in [4.69, 9.17) is 14.2 Å². The minimum Gasteiger partial charge on any atom is -0.496 e. The molecule has 0 amide bonds. The highest BCUT2D eigenvalue weighted by Crippen LogP contribution is 2.35. The molecule has 1 heterocycles. The molecular formula is C16H16O4. The molecule has 0 fully saturated rings. The molecule has 0 aliphatic carbocycles. The Hall–Kier alpha value is -2.20. The number of aliphatic hydroxyl groups is 1. The van der Waals surface area contributed by atoms with Crippen LogP contribution in [0.15, 0.2) is 42.5 Å². The van der Waals surface area contributed by atoms with E-state index in [0.29, 0.717) is 24.7 Å². The van der Waals surface area contributed by atoms with Crippen LogP contribution < -0.4 is 14.2 Å². The van der Waals surface area contributed by atoms with Crippen molar-refractivity contribution in [3.8, 4) is 17.2 Å². The molecule has 1 unspecified atom stereocenters. The first kappa shape index (κ1) is 12.8. The van der Waals surface area contributed by atoms with E-state index in [1.165, 1.54) is 0 Å². The van der Waals surface area contributed by atoms with Crippen LogP contribution in [0.3, 0.4) is 0 Å². The molecule has 0 saturated carbocycles. The lowest BCUT2D eigenvalue weighted by molar-refractivity contribution is 0.140. The number of methoxy groups -OCH3 is 1. The van der Waals surface area contributed by atoms with Crippen molar-refractivity contribution in [1.29, 1.82) is 0 Å². The van der Waals surface area contributed by atoms with E-state index in [2.05, 4.69) is 0 Å². The van der Waals surface area contributed by atoms with Gasteiger partial charge in [0.2, 0.25) is 0 Å². The molecule has 0 radical (unpaired) electrons. The van der Waals surface area contributed by atoms with Crippen molar-refractivity contribution in [2.75, 3.05) is 13.7 Å². The molecule has 104 valence electrons. The number of hydrogen-bond donors (Lipinski definition) is 1. The zero-order valence-electron chi connectivity index (χ0n) is 11.2. The van der Waals surface area contributed by atoms with Gasteiger partial charge < -0.3 is 19.3 Å². The molecule has 20 heavy (non-hydrogen) atoms. The topological polar surface area (TPSA) is 47.9 Å². The highest BCUT2D eigenvalue weighted by molar-refractivity contribution is 5.44. The number of rotatable bonds is 4. The number of aliphatic hydroxyl groups excluding tert-OH is 1. The quantitative estimate of drug-likeness (QED) is 0.929. The van der Waals surface area contributed by atoms with Crippen LogP contribution >= 0.6 is 0 Å². The molecular weight excluding hydrogens is 256 g/mol. The second kappa shape index (κ2) is 5.43. The summed E-state index contributed by atoms with van der Waals surface area (Å²) in [6, 6.07) is 13.2. The van der Waals surface area contributed by atoms with Gasteiger partial charge in [-0.2, -0.15) is 0 Å². The van der Waals surface area contributed by atoms with Gasteiger partial charge in [-0.25, -0.2) is 0 Å². The third kappa shape index (κ3) is 2.42. The summed E-state index contributed by atoms with van der Waals surface area (Å²) >= 11 is 0. The average Bonchev–Trinajstić information content (AvgIpc) is 2.86. The summed E-state index contributed by atoms with van der Waals surface area (Å²) in [5.74, 6) is 2.21. The number of hydrogen-bond acceptors (Lipinski definition) is 4. The maximum absolute atomic E-state index is 9.67. The molecule has 0 saturated heterocycles. The molecule has 0 bridgehead atoms. The second-order valence-electron chi connectivity index (χ2n) is 4.63. The van der Waals surface area contributed by atoms with Gasteiger partial charge in [-0.15, -0.1) is 0 Å². The SMILES string of the molecule is COc1ccccc1COc1ccc2c(c1)OCC2O. The normalized spacial score (nSPS) is 16.4. The fourth-order valence-electron chi connectivity index (χ4n) is 2.25. The fraction of sp³-hybridized carbons (Fsp3) is 0.250. The fourth-order valence-corrected chi connectivity index (χ4v) is 2.25. The van der Waals surface area contributed by atoms with E-state index in [1.807, 2.05) is 36.4 Å². The summed E-state index contributed by atoms with van der Waals surface area (Å²) in [6.07, 6.45) is -0.534. The van der Waals surface area contributed by atoms with Gasteiger partial charge in [-0.1, -0.05) is 18.2 Å². The highest BCUT2D eigenvalue weighted by atomic mass is 16.5. The van der Waals surface area contributed by atoms with Gasteiger partial charge in [0, 0.05) is 17.2 Å². The molecule has 3 rings (SSSR count). The lowest BCUT2D eigenvalue weighted by Crippen LogP contribution is -1.98. The third-order valence-electron chi connectivity index (χ3n) is 3.33. The molecule has 4 nitrogen and oxygen atoms in total.